The number of benzene rings is 1. The summed E-state index contributed by atoms with van der Waals surface area (Å²) in [4.78, 5) is 15.9. The second-order valence-electron chi connectivity index (χ2n) is 5.31. The van der Waals surface area contributed by atoms with Gasteiger partial charge in [-0.15, -0.1) is 0 Å². The number of rotatable bonds is 1. The lowest BCUT2D eigenvalue weighted by Crippen LogP contribution is -2.27. The van der Waals surface area contributed by atoms with E-state index in [1.807, 2.05) is 30.3 Å². The molecule has 5 heteroatoms. The zero-order valence-corrected chi connectivity index (χ0v) is 11.6. The standard InChI is InChI=1S/C15H15N3O2/c1-15(2,3)20-14(19)18-13-11-7-5-4-6-10(11)9-17-12(13)8-16/h4-7,9H,1-3H3,(H,18,19). The molecule has 102 valence electrons. The van der Waals surface area contributed by atoms with Crippen molar-refractivity contribution in [1.82, 2.24) is 4.98 Å². The van der Waals surface area contributed by atoms with Crippen molar-refractivity contribution in [2.24, 2.45) is 0 Å². The molecule has 1 amide bonds. The van der Waals surface area contributed by atoms with E-state index in [0.717, 1.165) is 10.8 Å². The lowest BCUT2D eigenvalue weighted by molar-refractivity contribution is 0.0636. The molecule has 1 aromatic heterocycles. The fraction of sp³-hybridized carbons (Fsp3) is 0.267. The number of aromatic nitrogens is 1. The number of ether oxygens (including phenoxy) is 1. The van der Waals surface area contributed by atoms with Gasteiger partial charge in [0, 0.05) is 17.0 Å². The molecule has 1 N–H and O–H groups in total. The highest BCUT2D eigenvalue weighted by Gasteiger charge is 2.18. The number of carbonyl (C=O) groups is 1. The van der Waals surface area contributed by atoms with E-state index in [-0.39, 0.29) is 5.69 Å². The van der Waals surface area contributed by atoms with Gasteiger partial charge in [-0.05, 0) is 20.8 Å². The molecule has 0 unspecified atom stereocenters. The van der Waals surface area contributed by atoms with E-state index < -0.39 is 11.7 Å². The number of nitrogens with one attached hydrogen (secondary N) is 1. The molecular formula is C15H15N3O2. The van der Waals surface area contributed by atoms with Crippen LogP contribution < -0.4 is 5.32 Å². The van der Waals surface area contributed by atoms with Gasteiger partial charge in [0.2, 0.25) is 0 Å². The van der Waals surface area contributed by atoms with Gasteiger partial charge in [0.1, 0.15) is 11.7 Å². The maximum Gasteiger partial charge on any atom is 0.412 e. The van der Waals surface area contributed by atoms with Crippen molar-refractivity contribution in [3.8, 4) is 6.07 Å². The molecule has 0 atom stereocenters. The fourth-order valence-corrected chi connectivity index (χ4v) is 1.78. The van der Waals surface area contributed by atoms with Gasteiger partial charge in [-0.25, -0.2) is 9.78 Å². The maximum atomic E-state index is 11.9. The third kappa shape index (κ3) is 3.04. The molecule has 0 fully saturated rings. The molecule has 0 aliphatic heterocycles. The van der Waals surface area contributed by atoms with Crippen LogP contribution in [-0.4, -0.2) is 16.7 Å². The first-order valence-electron chi connectivity index (χ1n) is 6.18. The minimum absolute atomic E-state index is 0.162. The summed E-state index contributed by atoms with van der Waals surface area (Å²) in [5.41, 5.74) is -0.0658. The molecule has 2 rings (SSSR count). The Kier molecular flexibility index (Phi) is 3.57. The summed E-state index contributed by atoms with van der Waals surface area (Å²) in [7, 11) is 0. The summed E-state index contributed by atoms with van der Waals surface area (Å²) in [5.74, 6) is 0. The normalized spacial score (nSPS) is 10.9. The number of anilines is 1. The van der Waals surface area contributed by atoms with Crippen molar-refractivity contribution in [2.45, 2.75) is 26.4 Å². The molecule has 0 aliphatic rings. The van der Waals surface area contributed by atoms with Crippen LogP contribution in [0.15, 0.2) is 30.5 Å². The first-order valence-corrected chi connectivity index (χ1v) is 6.18. The summed E-state index contributed by atoms with van der Waals surface area (Å²) in [6.45, 7) is 5.33. The van der Waals surface area contributed by atoms with Crippen molar-refractivity contribution in [1.29, 1.82) is 5.26 Å². The quantitative estimate of drug-likeness (QED) is 0.860. The Morgan fingerprint density at radius 2 is 2.05 bits per heavy atom. The van der Waals surface area contributed by atoms with E-state index >= 15 is 0 Å². The van der Waals surface area contributed by atoms with Gasteiger partial charge in [-0.2, -0.15) is 5.26 Å². The number of carbonyl (C=O) groups excluding carboxylic acids is 1. The van der Waals surface area contributed by atoms with E-state index in [4.69, 9.17) is 10.00 Å². The molecule has 0 spiro atoms. The predicted molar refractivity (Wildman–Crippen MR) is 76.3 cm³/mol. The summed E-state index contributed by atoms with van der Waals surface area (Å²) < 4.78 is 5.20. The lowest BCUT2D eigenvalue weighted by atomic mass is 10.1. The van der Waals surface area contributed by atoms with E-state index in [2.05, 4.69) is 10.3 Å². The van der Waals surface area contributed by atoms with Gasteiger partial charge in [0.05, 0.1) is 5.69 Å². The Morgan fingerprint density at radius 1 is 1.35 bits per heavy atom. The largest absolute Gasteiger partial charge is 0.444 e. The van der Waals surface area contributed by atoms with Crippen molar-refractivity contribution >= 4 is 22.6 Å². The number of nitriles is 1. The van der Waals surface area contributed by atoms with Crippen molar-refractivity contribution in [3.05, 3.63) is 36.2 Å². The number of fused-ring (bicyclic) bond motifs is 1. The van der Waals surface area contributed by atoms with Gasteiger partial charge in [-0.1, -0.05) is 24.3 Å². The highest BCUT2D eigenvalue weighted by atomic mass is 16.6. The average molecular weight is 269 g/mol. The summed E-state index contributed by atoms with van der Waals surface area (Å²) in [6.07, 6.45) is 1.00. The highest BCUT2D eigenvalue weighted by Crippen LogP contribution is 2.25. The molecule has 0 saturated carbocycles. The Labute approximate surface area is 117 Å². The third-order valence-electron chi connectivity index (χ3n) is 2.53. The topological polar surface area (TPSA) is 75.0 Å². The Balaban J connectivity index is 2.42. The number of hydrogen-bond acceptors (Lipinski definition) is 4. The van der Waals surface area contributed by atoms with Crippen LogP contribution in [0.5, 0.6) is 0 Å². The van der Waals surface area contributed by atoms with Crippen LogP contribution in [-0.2, 0) is 4.74 Å². The monoisotopic (exact) mass is 269 g/mol. The maximum absolute atomic E-state index is 11.9. The number of amides is 1. The molecule has 2 aromatic rings. The minimum Gasteiger partial charge on any atom is -0.444 e. The van der Waals surface area contributed by atoms with Crippen molar-refractivity contribution in [3.63, 3.8) is 0 Å². The second-order valence-corrected chi connectivity index (χ2v) is 5.31. The summed E-state index contributed by atoms with van der Waals surface area (Å²) in [5, 5.41) is 13.3. The Morgan fingerprint density at radius 3 is 2.70 bits per heavy atom. The average Bonchev–Trinajstić information content (AvgIpc) is 2.37. The third-order valence-corrected chi connectivity index (χ3v) is 2.53. The molecule has 20 heavy (non-hydrogen) atoms. The fourth-order valence-electron chi connectivity index (χ4n) is 1.78. The van der Waals surface area contributed by atoms with Crippen molar-refractivity contribution < 1.29 is 9.53 Å². The molecule has 1 heterocycles. The smallest absolute Gasteiger partial charge is 0.412 e. The van der Waals surface area contributed by atoms with Crippen LogP contribution in [0.2, 0.25) is 0 Å². The van der Waals surface area contributed by atoms with Gasteiger partial charge in [0.15, 0.2) is 5.69 Å². The number of pyridine rings is 1. The predicted octanol–water partition coefficient (Wildman–Crippen LogP) is 3.45. The molecule has 0 saturated heterocycles. The first kappa shape index (κ1) is 13.8. The van der Waals surface area contributed by atoms with Crippen LogP contribution >= 0.6 is 0 Å². The zero-order valence-electron chi connectivity index (χ0n) is 11.6. The van der Waals surface area contributed by atoms with Crippen LogP contribution in [0.3, 0.4) is 0 Å². The second kappa shape index (κ2) is 5.17. The van der Waals surface area contributed by atoms with Gasteiger partial charge in [-0.3, -0.25) is 5.32 Å². The molecule has 1 aromatic carbocycles. The van der Waals surface area contributed by atoms with Gasteiger partial charge < -0.3 is 4.74 Å². The van der Waals surface area contributed by atoms with E-state index in [0.29, 0.717) is 5.69 Å². The van der Waals surface area contributed by atoms with E-state index in [1.54, 1.807) is 27.0 Å². The van der Waals surface area contributed by atoms with Gasteiger partial charge in [0.25, 0.3) is 0 Å². The zero-order chi connectivity index (χ0) is 14.8. The number of hydrogen-bond donors (Lipinski definition) is 1. The molecular weight excluding hydrogens is 254 g/mol. The van der Waals surface area contributed by atoms with Crippen molar-refractivity contribution in [2.75, 3.05) is 5.32 Å². The van der Waals surface area contributed by atoms with Crippen LogP contribution in [0.1, 0.15) is 26.5 Å². The SMILES string of the molecule is CC(C)(C)OC(=O)Nc1c(C#N)ncc2ccccc12. The number of nitrogens with zero attached hydrogens (tertiary/aromatic N) is 2. The lowest BCUT2D eigenvalue weighted by Gasteiger charge is -2.20. The summed E-state index contributed by atoms with van der Waals surface area (Å²) in [6, 6.07) is 9.37. The van der Waals surface area contributed by atoms with Crippen LogP contribution in [0.25, 0.3) is 10.8 Å². The first-order chi connectivity index (χ1) is 9.40. The van der Waals surface area contributed by atoms with E-state index in [1.165, 1.54) is 0 Å². The van der Waals surface area contributed by atoms with Crippen LogP contribution in [0.4, 0.5) is 10.5 Å². The van der Waals surface area contributed by atoms with Gasteiger partial charge >= 0.3 is 6.09 Å². The Hall–Kier alpha value is -2.61. The van der Waals surface area contributed by atoms with E-state index in [9.17, 15) is 4.79 Å². The van der Waals surface area contributed by atoms with Crippen LogP contribution in [0, 0.1) is 11.3 Å². The summed E-state index contributed by atoms with van der Waals surface area (Å²) >= 11 is 0. The molecule has 0 bridgehead atoms. The molecule has 5 nitrogen and oxygen atoms in total. The minimum atomic E-state index is -0.604. The highest BCUT2D eigenvalue weighted by molar-refractivity contribution is 6.01. The Bertz CT molecular complexity index is 696. The molecule has 0 radical (unpaired) electrons. The molecule has 0 aliphatic carbocycles.